The molecule has 1 atom stereocenters. The number of anilines is 1. The lowest BCUT2D eigenvalue weighted by molar-refractivity contribution is -0.113. The fourth-order valence-electron chi connectivity index (χ4n) is 2.60. The third kappa shape index (κ3) is 4.41. The van der Waals surface area contributed by atoms with Crippen LogP contribution in [0.15, 0.2) is 64.6 Å². The van der Waals surface area contributed by atoms with Gasteiger partial charge in [-0.3, -0.25) is 9.79 Å². The first-order valence-electron chi connectivity index (χ1n) is 8.74. The molecule has 0 unspecified atom stereocenters. The van der Waals surface area contributed by atoms with Crippen LogP contribution in [0.4, 0.5) is 5.69 Å². The minimum absolute atomic E-state index is 0.0425. The first kappa shape index (κ1) is 18.4. The summed E-state index contributed by atoms with van der Waals surface area (Å²) in [5, 5.41) is 3.76. The second kappa shape index (κ2) is 7.87. The molecular weight excluding hydrogens is 342 g/mol. The number of nitrogens with one attached hydrogen (secondary N) is 1. The van der Waals surface area contributed by atoms with Crippen LogP contribution in [-0.4, -0.2) is 28.1 Å². The average molecular weight is 366 g/mol. The number of benzene rings is 2. The van der Waals surface area contributed by atoms with E-state index in [1.165, 1.54) is 17.3 Å². The number of aliphatic imine (C=N–C) groups is 2. The highest BCUT2D eigenvalue weighted by atomic mass is 32.2. The molecule has 0 aromatic heterocycles. The summed E-state index contributed by atoms with van der Waals surface area (Å²) in [5.74, 6) is 0.261. The molecule has 0 saturated heterocycles. The van der Waals surface area contributed by atoms with Gasteiger partial charge >= 0.3 is 0 Å². The Hall–Kier alpha value is -2.40. The van der Waals surface area contributed by atoms with E-state index in [1.807, 2.05) is 68.4 Å². The number of hydrogen-bond donors (Lipinski definition) is 1. The van der Waals surface area contributed by atoms with E-state index in [2.05, 4.69) is 12.2 Å². The van der Waals surface area contributed by atoms with Crippen molar-refractivity contribution in [1.82, 2.24) is 0 Å². The average Bonchev–Trinajstić information content (AvgIpc) is 3.00. The molecule has 1 heterocycles. The number of amides is 1. The van der Waals surface area contributed by atoms with Crippen LogP contribution in [0, 0.1) is 6.92 Å². The maximum Gasteiger partial charge on any atom is 0.234 e. The van der Waals surface area contributed by atoms with Crippen molar-refractivity contribution < 1.29 is 4.79 Å². The number of carbonyl (C=O) groups is 1. The zero-order valence-corrected chi connectivity index (χ0v) is 16.1. The van der Waals surface area contributed by atoms with Crippen LogP contribution < -0.4 is 5.32 Å². The summed E-state index contributed by atoms with van der Waals surface area (Å²) in [4.78, 5) is 21.9. The summed E-state index contributed by atoms with van der Waals surface area (Å²) in [5.41, 5.74) is 3.45. The summed E-state index contributed by atoms with van der Waals surface area (Å²) < 4.78 is 0. The fourth-order valence-corrected chi connectivity index (χ4v) is 3.50. The van der Waals surface area contributed by atoms with Gasteiger partial charge in [-0.15, -0.1) is 0 Å². The van der Waals surface area contributed by atoms with Gasteiger partial charge in [0.15, 0.2) is 0 Å². The molecule has 0 saturated carbocycles. The lowest BCUT2D eigenvalue weighted by atomic mass is 10.1. The Morgan fingerprint density at radius 1 is 1.08 bits per heavy atom. The molecule has 2 aromatic carbocycles. The van der Waals surface area contributed by atoms with Crippen molar-refractivity contribution in [3.8, 4) is 0 Å². The van der Waals surface area contributed by atoms with Gasteiger partial charge in [-0.05, 0) is 32.4 Å². The third-order valence-corrected chi connectivity index (χ3v) is 5.25. The smallest absolute Gasteiger partial charge is 0.234 e. The Kier molecular flexibility index (Phi) is 5.57. The van der Waals surface area contributed by atoms with Crippen molar-refractivity contribution in [2.75, 3.05) is 11.1 Å². The number of rotatable bonds is 5. The number of thioether (sulfide) groups is 1. The van der Waals surface area contributed by atoms with E-state index in [0.717, 1.165) is 28.4 Å². The van der Waals surface area contributed by atoms with Crippen LogP contribution in [-0.2, 0) is 4.79 Å². The molecule has 134 valence electrons. The lowest BCUT2D eigenvalue weighted by Gasteiger charge is -2.13. The first-order chi connectivity index (χ1) is 12.5. The van der Waals surface area contributed by atoms with Crippen LogP contribution in [0.3, 0.4) is 0 Å². The van der Waals surface area contributed by atoms with Crippen molar-refractivity contribution in [1.29, 1.82) is 0 Å². The van der Waals surface area contributed by atoms with Gasteiger partial charge in [-0.25, -0.2) is 4.99 Å². The van der Waals surface area contributed by atoms with E-state index in [-0.39, 0.29) is 5.91 Å². The molecule has 5 heteroatoms. The zero-order chi connectivity index (χ0) is 18.6. The number of nitrogens with zero attached hydrogens (tertiary/aromatic N) is 2. The quantitative estimate of drug-likeness (QED) is 0.835. The SMILES string of the molecule is CC[C@@]1(C)N=C(SCC(=O)Nc2ccc(C)cc2)C(c2ccccc2)=N1. The molecule has 0 fully saturated rings. The number of carbonyl (C=O) groups excluding carboxylic acids is 1. The molecule has 4 nitrogen and oxygen atoms in total. The van der Waals surface area contributed by atoms with Crippen molar-refractivity contribution in [3.63, 3.8) is 0 Å². The van der Waals surface area contributed by atoms with Gasteiger partial charge in [0.2, 0.25) is 5.91 Å². The molecule has 0 bridgehead atoms. The van der Waals surface area contributed by atoms with Gasteiger partial charge in [-0.1, -0.05) is 66.7 Å². The minimum Gasteiger partial charge on any atom is -0.325 e. The number of aryl methyl sites for hydroxylation is 1. The van der Waals surface area contributed by atoms with Gasteiger partial charge in [0.05, 0.1) is 11.5 Å². The highest BCUT2D eigenvalue weighted by molar-refractivity contribution is 8.16. The molecule has 0 radical (unpaired) electrons. The van der Waals surface area contributed by atoms with Crippen molar-refractivity contribution in [3.05, 3.63) is 65.7 Å². The van der Waals surface area contributed by atoms with E-state index in [0.29, 0.717) is 5.75 Å². The molecule has 3 rings (SSSR count). The van der Waals surface area contributed by atoms with Crippen molar-refractivity contribution in [2.45, 2.75) is 32.9 Å². The Bertz CT molecular complexity index is 843. The maximum absolute atomic E-state index is 12.3. The molecule has 26 heavy (non-hydrogen) atoms. The van der Waals surface area contributed by atoms with Crippen molar-refractivity contribution in [2.24, 2.45) is 9.98 Å². The molecular formula is C21H23N3OS. The molecule has 2 aromatic rings. The standard InChI is InChI=1S/C21H23N3OS/c1-4-21(3)23-19(16-8-6-5-7-9-16)20(24-21)26-14-18(25)22-17-12-10-15(2)11-13-17/h5-13H,4,14H2,1-3H3,(H,22,25)/t21-/m1/s1. The Balaban J connectivity index is 1.69. The highest BCUT2D eigenvalue weighted by Crippen LogP contribution is 2.29. The number of hydrogen-bond acceptors (Lipinski definition) is 4. The zero-order valence-electron chi connectivity index (χ0n) is 15.3. The van der Waals surface area contributed by atoms with Gasteiger partial charge in [0, 0.05) is 11.3 Å². The van der Waals surface area contributed by atoms with E-state index < -0.39 is 5.66 Å². The monoisotopic (exact) mass is 365 g/mol. The molecule has 1 aliphatic rings. The summed E-state index contributed by atoms with van der Waals surface area (Å²) in [6, 6.07) is 17.8. The van der Waals surface area contributed by atoms with Crippen LogP contribution in [0.25, 0.3) is 0 Å². The third-order valence-electron chi connectivity index (χ3n) is 4.29. The second-order valence-electron chi connectivity index (χ2n) is 6.52. The van der Waals surface area contributed by atoms with Gasteiger partial charge < -0.3 is 5.32 Å². The Morgan fingerprint density at radius 2 is 1.77 bits per heavy atom. The summed E-state index contributed by atoms with van der Waals surface area (Å²) in [6.45, 7) is 6.12. The van der Waals surface area contributed by atoms with Crippen molar-refractivity contribution >= 4 is 34.1 Å². The normalized spacial score (nSPS) is 19.0. The molecule has 1 aliphatic heterocycles. The minimum atomic E-state index is -0.444. The molecule has 0 spiro atoms. The Morgan fingerprint density at radius 3 is 2.42 bits per heavy atom. The predicted octanol–water partition coefficient (Wildman–Crippen LogP) is 4.69. The van der Waals surface area contributed by atoms with Crippen LogP contribution in [0.5, 0.6) is 0 Å². The van der Waals surface area contributed by atoms with E-state index in [9.17, 15) is 4.79 Å². The van der Waals surface area contributed by atoms with E-state index in [1.54, 1.807) is 0 Å². The van der Waals surface area contributed by atoms with E-state index in [4.69, 9.17) is 9.98 Å². The fraction of sp³-hybridized carbons (Fsp3) is 0.286. The maximum atomic E-state index is 12.3. The van der Waals surface area contributed by atoms with Gasteiger partial charge in [0.1, 0.15) is 10.7 Å². The highest BCUT2D eigenvalue weighted by Gasteiger charge is 2.31. The molecule has 1 N–H and O–H groups in total. The summed E-state index contributed by atoms with van der Waals surface area (Å²) in [7, 11) is 0. The molecule has 0 aliphatic carbocycles. The summed E-state index contributed by atoms with van der Waals surface area (Å²) >= 11 is 1.44. The summed E-state index contributed by atoms with van der Waals surface area (Å²) in [6.07, 6.45) is 0.822. The van der Waals surface area contributed by atoms with Gasteiger partial charge in [-0.2, -0.15) is 0 Å². The topological polar surface area (TPSA) is 53.8 Å². The van der Waals surface area contributed by atoms with Crippen LogP contribution in [0.2, 0.25) is 0 Å². The van der Waals surface area contributed by atoms with Crippen LogP contribution >= 0.6 is 11.8 Å². The predicted molar refractivity (Wildman–Crippen MR) is 111 cm³/mol. The first-order valence-corrected chi connectivity index (χ1v) is 9.72. The largest absolute Gasteiger partial charge is 0.325 e. The van der Waals surface area contributed by atoms with Crippen LogP contribution in [0.1, 0.15) is 31.4 Å². The van der Waals surface area contributed by atoms with Gasteiger partial charge in [0.25, 0.3) is 0 Å². The second-order valence-corrected chi connectivity index (χ2v) is 7.48. The Labute approximate surface area is 158 Å². The van der Waals surface area contributed by atoms with E-state index >= 15 is 0 Å². The molecule has 1 amide bonds. The lowest BCUT2D eigenvalue weighted by Crippen LogP contribution is -2.17.